The number of thiocarbonyl (C=S) groups is 1. The summed E-state index contributed by atoms with van der Waals surface area (Å²) in [6, 6.07) is 1.94. The zero-order chi connectivity index (χ0) is 11.5. The molecule has 0 fully saturated rings. The molecule has 3 N–H and O–H groups in total. The van der Waals surface area contributed by atoms with E-state index in [2.05, 4.69) is 27.2 Å². The molecule has 4 nitrogen and oxygen atoms in total. The van der Waals surface area contributed by atoms with Gasteiger partial charge in [0.05, 0.1) is 6.21 Å². The number of nitrogens with one attached hydrogen (secondary N) is 1. The van der Waals surface area contributed by atoms with Gasteiger partial charge in [-0.15, -0.1) is 0 Å². The molecule has 1 rings (SSSR count). The van der Waals surface area contributed by atoms with E-state index in [1.807, 2.05) is 0 Å². The molecule has 0 atom stereocenters. The van der Waals surface area contributed by atoms with E-state index in [1.165, 1.54) is 0 Å². The van der Waals surface area contributed by atoms with Crippen LogP contribution >= 0.6 is 12.2 Å². The Labute approximate surface area is 87.9 Å². The van der Waals surface area contributed by atoms with Crippen LogP contribution in [-0.4, -0.2) is 11.3 Å². The van der Waals surface area contributed by atoms with Gasteiger partial charge in [0.1, 0.15) is 5.76 Å². The summed E-state index contributed by atoms with van der Waals surface area (Å²) in [7, 11) is 0. The summed E-state index contributed by atoms with van der Waals surface area (Å²) in [5.74, 6) is -1.13. The molecule has 0 unspecified atom stereocenters. The molecule has 0 aliphatic carbocycles. The minimum atomic E-state index is -4.50. The number of furan rings is 1. The van der Waals surface area contributed by atoms with Gasteiger partial charge >= 0.3 is 6.18 Å². The summed E-state index contributed by atoms with van der Waals surface area (Å²) in [4.78, 5) is 0. The first-order valence-electron chi connectivity index (χ1n) is 3.65. The second-order valence-corrected chi connectivity index (χ2v) is 2.87. The molecule has 0 aliphatic heterocycles. The summed E-state index contributed by atoms with van der Waals surface area (Å²) in [6.45, 7) is 0. The van der Waals surface area contributed by atoms with Crippen LogP contribution in [0.4, 0.5) is 13.2 Å². The number of rotatable bonds is 2. The third-order valence-corrected chi connectivity index (χ3v) is 1.36. The van der Waals surface area contributed by atoms with Crippen LogP contribution in [0.15, 0.2) is 21.7 Å². The quantitative estimate of drug-likeness (QED) is 0.464. The summed E-state index contributed by atoms with van der Waals surface area (Å²) in [5.41, 5.74) is 7.21. The summed E-state index contributed by atoms with van der Waals surface area (Å²) in [5, 5.41) is 3.35. The van der Waals surface area contributed by atoms with Crippen molar-refractivity contribution >= 4 is 23.5 Å². The maximum atomic E-state index is 12.1. The Balaban J connectivity index is 2.69. The van der Waals surface area contributed by atoms with E-state index in [-0.39, 0.29) is 10.9 Å². The van der Waals surface area contributed by atoms with Crippen molar-refractivity contribution in [2.75, 3.05) is 0 Å². The number of hydrogen-bond donors (Lipinski definition) is 2. The van der Waals surface area contributed by atoms with Gasteiger partial charge in [0.15, 0.2) is 5.11 Å². The normalized spacial score (nSPS) is 11.9. The van der Waals surface area contributed by atoms with Crippen molar-refractivity contribution in [3.8, 4) is 0 Å². The van der Waals surface area contributed by atoms with Crippen LogP contribution in [0.2, 0.25) is 0 Å². The molecule has 0 aromatic carbocycles. The highest BCUT2D eigenvalue weighted by molar-refractivity contribution is 7.80. The van der Waals surface area contributed by atoms with Gasteiger partial charge in [-0.1, -0.05) is 0 Å². The molecule has 82 valence electrons. The summed E-state index contributed by atoms with van der Waals surface area (Å²) >= 11 is 4.42. The van der Waals surface area contributed by atoms with Gasteiger partial charge in [-0.25, -0.2) is 0 Å². The third-order valence-electron chi connectivity index (χ3n) is 1.27. The van der Waals surface area contributed by atoms with Crippen molar-refractivity contribution in [2.24, 2.45) is 10.8 Å². The van der Waals surface area contributed by atoms with E-state index in [0.29, 0.717) is 0 Å². The van der Waals surface area contributed by atoms with E-state index in [4.69, 9.17) is 5.73 Å². The van der Waals surface area contributed by atoms with Crippen molar-refractivity contribution in [1.29, 1.82) is 0 Å². The van der Waals surface area contributed by atoms with Gasteiger partial charge < -0.3 is 10.2 Å². The number of halogens is 3. The third kappa shape index (κ3) is 3.58. The van der Waals surface area contributed by atoms with Gasteiger partial charge in [0, 0.05) is 0 Å². The minimum Gasteiger partial charge on any atom is -0.450 e. The lowest BCUT2D eigenvalue weighted by atomic mass is 10.4. The van der Waals surface area contributed by atoms with E-state index >= 15 is 0 Å². The average molecular weight is 237 g/mol. The molecule has 0 aliphatic rings. The minimum absolute atomic E-state index is 0.0499. The predicted molar refractivity (Wildman–Crippen MR) is 51.2 cm³/mol. The Morgan fingerprint density at radius 2 is 2.20 bits per heavy atom. The van der Waals surface area contributed by atoms with Gasteiger partial charge in [-0.2, -0.15) is 18.3 Å². The second-order valence-electron chi connectivity index (χ2n) is 2.43. The van der Waals surface area contributed by atoms with E-state index in [0.717, 1.165) is 18.3 Å². The van der Waals surface area contributed by atoms with Crippen molar-refractivity contribution in [2.45, 2.75) is 6.18 Å². The highest BCUT2D eigenvalue weighted by Crippen LogP contribution is 2.30. The molecule has 8 heteroatoms. The van der Waals surface area contributed by atoms with Crippen molar-refractivity contribution in [3.63, 3.8) is 0 Å². The smallest absolute Gasteiger partial charge is 0.449 e. The Kier molecular flexibility index (Phi) is 3.30. The fourth-order valence-electron chi connectivity index (χ4n) is 0.734. The van der Waals surface area contributed by atoms with Gasteiger partial charge in [0.25, 0.3) is 0 Å². The first-order chi connectivity index (χ1) is 6.89. The Morgan fingerprint density at radius 3 is 2.67 bits per heavy atom. The molecule has 1 aromatic heterocycles. The monoisotopic (exact) mass is 237 g/mol. The summed E-state index contributed by atoms with van der Waals surface area (Å²) < 4.78 is 40.6. The summed E-state index contributed by atoms with van der Waals surface area (Å²) in [6.07, 6.45) is -3.46. The number of hydrazone groups is 1. The molecule has 0 saturated carbocycles. The number of nitrogens with two attached hydrogens (primary N) is 1. The SMILES string of the molecule is NC(=S)N/N=C/c1ccc(C(F)(F)F)o1. The number of alkyl halides is 3. The molecule has 1 aromatic rings. The van der Waals surface area contributed by atoms with Crippen molar-refractivity contribution in [1.82, 2.24) is 5.43 Å². The zero-order valence-corrected chi connectivity index (χ0v) is 8.02. The molecule has 0 saturated heterocycles. The van der Waals surface area contributed by atoms with E-state index < -0.39 is 11.9 Å². The molecular weight excluding hydrogens is 231 g/mol. The van der Waals surface area contributed by atoms with Crippen molar-refractivity contribution in [3.05, 3.63) is 23.7 Å². The number of nitrogens with zero attached hydrogens (tertiary/aromatic N) is 1. The molecule has 0 amide bonds. The maximum absolute atomic E-state index is 12.1. The lowest BCUT2D eigenvalue weighted by Crippen LogP contribution is -2.23. The first kappa shape index (κ1) is 11.5. The van der Waals surface area contributed by atoms with Gasteiger partial charge in [0.2, 0.25) is 5.76 Å². The average Bonchev–Trinajstić information content (AvgIpc) is 2.51. The van der Waals surface area contributed by atoms with Crippen LogP contribution in [0, 0.1) is 0 Å². The molecule has 0 bridgehead atoms. The standard InChI is InChI=1S/C7H6F3N3OS/c8-7(9,10)5-2-1-4(14-5)3-12-13-6(11)15/h1-3H,(H3,11,13,15)/b12-3+. The Bertz CT molecular complexity index is 385. The molecule has 1 heterocycles. The van der Waals surface area contributed by atoms with Crippen LogP contribution in [-0.2, 0) is 6.18 Å². The fourth-order valence-corrected chi connectivity index (χ4v) is 0.787. The molecule has 0 spiro atoms. The molecular formula is C7H6F3N3OS. The van der Waals surface area contributed by atoms with Crippen LogP contribution < -0.4 is 11.2 Å². The lowest BCUT2D eigenvalue weighted by Gasteiger charge is -1.99. The Morgan fingerprint density at radius 1 is 1.53 bits per heavy atom. The number of hydrogen-bond acceptors (Lipinski definition) is 3. The van der Waals surface area contributed by atoms with Crippen molar-refractivity contribution < 1.29 is 17.6 Å². The molecule has 15 heavy (non-hydrogen) atoms. The van der Waals surface area contributed by atoms with E-state index in [9.17, 15) is 13.2 Å². The highest BCUT2D eigenvalue weighted by Gasteiger charge is 2.34. The van der Waals surface area contributed by atoms with Crippen LogP contribution in [0.5, 0.6) is 0 Å². The lowest BCUT2D eigenvalue weighted by molar-refractivity contribution is -0.153. The highest BCUT2D eigenvalue weighted by atomic mass is 32.1. The van der Waals surface area contributed by atoms with Crippen LogP contribution in [0.3, 0.4) is 0 Å². The topological polar surface area (TPSA) is 63.5 Å². The fraction of sp³-hybridized carbons (Fsp3) is 0.143. The predicted octanol–water partition coefficient (Wildman–Crippen LogP) is 1.47. The molecule has 0 radical (unpaired) electrons. The first-order valence-corrected chi connectivity index (χ1v) is 4.06. The zero-order valence-electron chi connectivity index (χ0n) is 7.21. The van der Waals surface area contributed by atoms with Gasteiger partial charge in [-0.05, 0) is 24.4 Å². The van der Waals surface area contributed by atoms with Gasteiger partial charge in [-0.3, -0.25) is 5.43 Å². The largest absolute Gasteiger partial charge is 0.450 e. The van der Waals surface area contributed by atoms with E-state index in [1.54, 1.807) is 0 Å². The maximum Gasteiger partial charge on any atom is 0.449 e. The Hall–Kier alpha value is -1.57. The van der Waals surface area contributed by atoms with Crippen LogP contribution in [0.25, 0.3) is 0 Å². The second kappa shape index (κ2) is 4.30. The van der Waals surface area contributed by atoms with Crippen LogP contribution in [0.1, 0.15) is 11.5 Å².